The molecule has 5 nitrogen and oxygen atoms in total. The van der Waals surface area contributed by atoms with Crippen LogP contribution in [0.5, 0.6) is 5.75 Å². The maximum absolute atomic E-state index is 12.8. The highest BCUT2D eigenvalue weighted by atomic mass is 35.5. The highest BCUT2D eigenvalue weighted by Gasteiger charge is 2.23. The lowest BCUT2D eigenvalue weighted by atomic mass is 10.1. The second-order valence-corrected chi connectivity index (χ2v) is 6.15. The molecule has 0 fully saturated rings. The first kappa shape index (κ1) is 20.4. The van der Waals surface area contributed by atoms with Crippen molar-refractivity contribution in [1.82, 2.24) is 9.88 Å². The van der Waals surface area contributed by atoms with Gasteiger partial charge in [-0.3, -0.25) is 4.79 Å². The van der Waals surface area contributed by atoms with Gasteiger partial charge in [-0.25, -0.2) is 4.98 Å². The number of aromatic nitrogens is 1. The van der Waals surface area contributed by atoms with Gasteiger partial charge in [0.25, 0.3) is 5.91 Å². The van der Waals surface area contributed by atoms with Crippen molar-refractivity contribution in [2.75, 3.05) is 20.2 Å². The van der Waals surface area contributed by atoms with Gasteiger partial charge < -0.3 is 15.4 Å². The molecule has 132 valence electrons. The summed E-state index contributed by atoms with van der Waals surface area (Å²) in [4.78, 5) is 19.0. The number of amides is 1. The molecular formula is C17H24ClN3O2S. The van der Waals surface area contributed by atoms with Crippen molar-refractivity contribution in [2.45, 2.75) is 26.3 Å². The van der Waals surface area contributed by atoms with Gasteiger partial charge in [-0.1, -0.05) is 12.1 Å². The van der Waals surface area contributed by atoms with Gasteiger partial charge in [-0.05, 0) is 38.1 Å². The van der Waals surface area contributed by atoms with Crippen molar-refractivity contribution in [3.63, 3.8) is 0 Å². The number of nitrogens with two attached hydrogens (primary N) is 1. The fourth-order valence-electron chi connectivity index (χ4n) is 2.47. The molecule has 0 aliphatic heterocycles. The monoisotopic (exact) mass is 369 g/mol. The van der Waals surface area contributed by atoms with Crippen molar-refractivity contribution < 1.29 is 9.53 Å². The SMILES string of the molecule is CCN(C(=O)c1csc(CCN)n1)C(C)c1cccc(OC)c1.Cl. The Hall–Kier alpha value is -1.63. The minimum absolute atomic E-state index is 0. The van der Waals surface area contributed by atoms with Gasteiger partial charge in [-0.2, -0.15) is 0 Å². The van der Waals surface area contributed by atoms with Crippen LogP contribution < -0.4 is 10.5 Å². The summed E-state index contributed by atoms with van der Waals surface area (Å²) in [6, 6.07) is 7.74. The van der Waals surface area contributed by atoms with E-state index >= 15 is 0 Å². The van der Waals surface area contributed by atoms with Gasteiger partial charge in [0.2, 0.25) is 0 Å². The van der Waals surface area contributed by atoms with E-state index in [1.165, 1.54) is 11.3 Å². The lowest BCUT2D eigenvalue weighted by molar-refractivity contribution is 0.0696. The summed E-state index contributed by atoms with van der Waals surface area (Å²) in [7, 11) is 1.64. The van der Waals surface area contributed by atoms with Gasteiger partial charge in [0.15, 0.2) is 0 Å². The molecule has 0 radical (unpaired) electrons. The molecule has 0 aliphatic carbocycles. The van der Waals surface area contributed by atoms with Crippen LogP contribution in [-0.4, -0.2) is 36.0 Å². The maximum Gasteiger partial charge on any atom is 0.273 e. The third-order valence-electron chi connectivity index (χ3n) is 3.77. The average Bonchev–Trinajstić information content (AvgIpc) is 3.04. The van der Waals surface area contributed by atoms with Crippen LogP contribution in [0.2, 0.25) is 0 Å². The molecule has 2 N–H and O–H groups in total. The number of carbonyl (C=O) groups excluding carboxylic acids is 1. The van der Waals surface area contributed by atoms with E-state index in [-0.39, 0.29) is 24.4 Å². The molecular weight excluding hydrogens is 346 g/mol. The number of thiazole rings is 1. The third-order valence-corrected chi connectivity index (χ3v) is 4.68. The Kier molecular flexibility index (Phi) is 8.18. The van der Waals surface area contributed by atoms with Crippen LogP contribution in [0.25, 0.3) is 0 Å². The van der Waals surface area contributed by atoms with E-state index in [2.05, 4.69) is 4.98 Å². The molecule has 0 bridgehead atoms. The van der Waals surface area contributed by atoms with Crippen LogP contribution in [0.1, 0.15) is 40.9 Å². The molecule has 0 saturated heterocycles. The number of carbonyl (C=O) groups is 1. The smallest absolute Gasteiger partial charge is 0.273 e. The number of halogens is 1. The normalized spacial score (nSPS) is 11.5. The number of hydrogen-bond donors (Lipinski definition) is 1. The third kappa shape index (κ3) is 4.69. The number of rotatable bonds is 7. The molecule has 24 heavy (non-hydrogen) atoms. The number of nitrogens with zero attached hydrogens (tertiary/aromatic N) is 2. The van der Waals surface area contributed by atoms with E-state index in [4.69, 9.17) is 10.5 Å². The number of methoxy groups -OCH3 is 1. The molecule has 2 rings (SSSR count). The van der Waals surface area contributed by atoms with E-state index in [1.54, 1.807) is 7.11 Å². The molecule has 1 unspecified atom stereocenters. The fourth-order valence-corrected chi connectivity index (χ4v) is 3.26. The van der Waals surface area contributed by atoms with E-state index in [9.17, 15) is 4.79 Å². The zero-order valence-electron chi connectivity index (χ0n) is 14.2. The van der Waals surface area contributed by atoms with Crippen molar-refractivity contribution in [3.8, 4) is 5.75 Å². The van der Waals surface area contributed by atoms with Gasteiger partial charge in [0.05, 0.1) is 18.2 Å². The van der Waals surface area contributed by atoms with Crippen molar-refractivity contribution in [1.29, 1.82) is 0 Å². The molecule has 2 aromatic rings. The van der Waals surface area contributed by atoms with Crippen LogP contribution in [-0.2, 0) is 6.42 Å². The first-order valence-electron chi connectivity index (χ1n) is 7.70. The lowest BCUT2D eigenvalue weighted by Gasteiger charge is -2.28. The highest BCUT2D eigenvalue weighted by molar-refractivity contribution is 7.09. The summed E-state index contributed by atoms with van der Waals surface area (Å²) in [6.45, 7) is 5.14. The van der Waals surface area contributed by atoms with Crippen LogP contribution in [0.3, 0.4) is 0 Å². The lowest BCUT2D eigenvalue weighted by Crippen LogP contribution is -2.33. The molecule has 1 amide bonds. The van der Waals surface area contributed by atoms with Crippen LogP contribution in [0.15, 0.2) is 29.6 Å². The zero-order chi connectivity index (χ0) is 16.8. The first-order valence-corrected chi connectivity index (χ1v) is 8.58. The van der Waals surface area contributed by atoms with Crippen LogP contribution in [0.4, 0.5) is 0 Å². The van der Waals surface area contributed by atoms with Gasteiger partial charge >= 0.3 is 0 Å². The first-order chi connectivity index (χ1) is 11.1. The standard InChI is InChI=1S/C17H23N3O2S.ClH/c1-4-20(12(2)13-6-5-7-14(10-13)22-3)17(21)15-11-23-16(19-15)8-9-18;/h5-7,10-12H,4,8-9,18H2,1-3H3;1H. The summed E-state index contributed by atoms with van der Waals surface area (Å²) in [5.41, 5.74) is 7.08. The van der Waals surface area contributed by atoms with E-state index in [1.807, 2.05) is 48.4 Å². The van der Waals surface area contributed by atoms with Crippen LogP contribution in [0, 0.1) is 0 Å². The highest BCUT2D eigenvalue weighted by Crippen LogP contribution is 2.25. The molecule has 7 heteroatoms. The van der Waals surface area contributed by atoms with Gasteiger partial charge in [0.1, 0.15) is 11.4 Å². The van der Waals surface area contributed by atoms with Crippen molar-refractivity contribution >= 4 is 29.7 Å². The Morgan fingerprint density at radius 3 is 2.83 bits per heavy atom. The molecule has 1 aromatic heterocycles. The molecule has 0 aliphatic rings. The van der Waals surface area contributed by atoms with Crippen molar-refractivity contribution in [2.24, 2.45) is 5.73 Å². The summed E-state index contributed by atoms with van der Waals surface area (Å²) < 4.78 is 5.27. The topological polar surface area (TPSA) is 68.5 Å². The Labute approximate surface area is 153 Å². The Morgan fingerprint density at radius 1 is 1.46 bits per heavy atom. The predicted octanol–water partition coefficient (Wildman–Crippen LogP) is 3.30. The predicted molar refractivity (Wildman–Crippen MR) is 100 cm³/mol. The Balaban J connectivity index is 0.00000288. The number of ether oxygens (including phenoxy) is 1. The second kappa shape index (κ2) is 9.61. The average molecular weight is 370 g/mol. The van der Waals surface area contributed by atoms with E-state index in [0.717, 1.165) is 16.3 Å². The van der Waals surface area contributed by atoms with E-state index < -0.39 is 0 Å². The summed E-state index contributed by atoms with van der Waals surface area (Å²) >= 11 is 1.49. The maximum atomic E-state index is 12.8. The molecule has 0 spiro atoms. The fraction of sp³-hybridized carbons (Fsp3) is 0.412. The Morgan fingerprint density at radius 2 is 2.21 bits per heavy atom. The quantitative estimate of drug-likeness (QED) is 0.813. The summed E-state index contributed by atoms with van der Waals surface area (Å²) in [5.74, 6) is 0.735. The largest absolute Gasteiger partial charge is 0.497 e. The van der Waals surface area contributed by atoms with Crippen LogP contribution >= 0.6 is 23.7 Å². The Bertz CT molecular complexity index is 663. The summed E-state index contributed by atoms with van der Waals surface area (Å²) in [5, 5.41) is 2.72. The minimum atomic E-state index is -0.0535. The van der Waals surface area contributed by atoms with E-state index in [0.29, 0.717) is 25.2 Å². The molecule has 1 aromatic carbocycles. The molecule has 1 heterocycles. The van der Waals surface area contributed by atoms with Crippen molar-refractivity contribution in [3.05, 3.63) is 45.9 Å². The second-order valence-electron chi connectivity index (χ2n) is 5.21. The zero-order valence-corrected chi connectivity index (χ0v) is 15.8. The summed E-state index contributed by atoms with van der Waals surface area (Å²) in [6.07, 6.45) is 0.704. The molecule has 1 atom stereocenters. The number of benzene rings is 1. The van der Waals surface area contributed by atoms with Gasteiger partial charge in [0, 0.05) is 18.3 Å². The van der Waals surface area contributed by atoms with Gasteiger partial charge in [-0.15, -0.1) is 23.7 Å². The molecule has 0 saturated carbocycles. The number of hydrogen-bond acceptors (Lipinski definition) is 5. The minimum Gasteiger partial charge on any atom is -0.497 e.